The molecule has 1 amide bonds. The molecule has 0 aromatic rings. The minimum absolute atomic E-state index is 0. The van der Waals surface area contributed by atoms with E-state index in [2.05, 4.69) is 27.9 Å². The summed E-state index contributed by atoms with van der Waals surface area (Å²) in [5.41, 5.74) is -0.535. The van der Waals surface area contributed by atoms with Crippen molar-refractivity contribution in [3.05, 3.63) is 0 Å². The van der Waals surface area contributed by atoms with Gasteiger partial charge in [-0.15, -0.1) is 24.0 Å². The third-order valence-electron chi connectivity index (χ3n) is 3.72. The van der Waals surface area contributed by atoms with Crippen LogP contribution in [-0.2, 0) is 4.79 Å². The lowest BCUT2D eigenvalue weighted by atomic mass is 9.92. The Morgan fingerprint density at radius 3 is 2.21 bits per heavy atom. The smallest absolute Gasteiger partial charge is 0.227 e. The van der Waals surface area contributed by atoms with Gasteiger partial charge in [0.1, 0.15) is 0 Å². The van der Waals surface area contributed by atoms with Crippen molar-refractivity contribution >= 4 is 35.8 Å². The summed E-state index contributed by atoms with van der Waals surface area (Å²) in [6, 6.07) is 0. The van der Waals surface area contributed by atoms with Gasteiger partial charge in [-0.3, -0.25) is 9.79 Å². The molecule has 1 unspecified atom stereocenters. The molecule has 0 heterocycles. The lowest BCUT2D eigenvalue weighted by Crippen LogP contribution is -2.43. The zero-order chi connectivity index (χ0) is 17.7. The molecule has 0 aliphatic carbocycles. The van der Waals surface area contributed by atoms with Crippen molar-refractivity contribution in [2.45, 2.75) is 53.9 Å². The molecule has 0 bridgehead atoms. The summed E-state index contributed by atoms with van der Waals surface area (Å²) >= 11 is 0. The number of aliphatic hydroxyl groups excluding tert-OH is 1. The summed E-state index contributed by atoms with van der Waals surface area (Å²) in [7, 11) is 0. The number of amides is 1. The standard InChI is InChI=1S/C17H36N4O2.HI/c1-6-9-14(10-11-22)12-20-16(19-8-3)21-13-17(4,5)15(23)18-7-2;/h14,22H,6-13H2,1-5H3,(H,18,23)(H2,19,20,21);1H. The fraction of sp³-hybridized carbons (Fsp3) is 0.882. The highest BCUT2D eigenvalue weighted by molar-refractivity contribution is 14.0. The fourth-order valence-electron chi connectivity index (χ4n) is 2.27. The molecule has 0 aliphatic heterocycles. The van der Waals surface area contributed by atoms with Crippen LogP contribution in [0.2, 0.25) is 0 Å². The Morgan fingerprint density at radius 2 is 1.71 bits per heavy atom. The van der Waals surface area contributed by atoms with Crippen LogP contribution in [-0.4, -0.2) is 49.8 Å². The van der Waals surface area contributed by atoms with E-state index in [1.54, 1.807) is 0 Å². The Morgan fingerprint density at radius 1 is 1.08 bits per heavy atom. The molecule has 0 saturated heterocycles. The highest BCUT2D eigenvalue weighted by Gasteiger charge is 2.26. The molecular formula is C17H37IN4O2. The first-order valence-electron chi connectivity index (χ1n) is 8.82. The molecule has 1 atom stereocenters. The van der Waals surface area contributed by atoms with Gasteiger partial charge in [-0.25, -0.2) is 0 Å². The van der Waals surface area contributed by atoms with E-state index < -0.39 is 5.41 Å². The summed E-state index contributed by atoms with van der Waals surface area (Å²) in [5.74, 6) is 1.18. The molecule has 0 rings (SSSR count). The molecule has 24 heavy (non-hydrogen) atoms. The molecule has 0 saturated carbocycles. The monoisotopic (exact) mass is 456 g/mol. The quantitative estimate of drug-likeness (QED) is 0.218. The summed E-state index contributed by atoms with van der Waals surface area (Å²) in [5, 5.41) is 18.5. The van der Waals surface area contributed by atoms with Crippen molar-refractivity contribution in [2.75, 3.05) is 32.8 Å². The highest BCUT2D eigenvalue weighted by atomic mass is 127. The SMILES string of the molecule is CCCC(CCO)CNC(=NCC(C)(C)C(=O)NCC)NCC.I. The van der Waals surface area contributed by atoms with Crippen LogP contribution >= 0.6 is 24.0 Å². The zero-order valence-corrected chi connectivity index (χ0v) is 18.3. The van der Waals surface area contributed by atoms with Crippen molar-refractivity contribution in [3.63, 3.8) is 0 Å². The summed E-state index contributed by atoms with van der Waals surface area (Å²) < 4.78 is 0. The minimum Gasteiger partial charge on any atom is -0.396 e. The van der Waals surface area contributed by atoms with Gasteiger partial charge in [0.2, 0.25) is 5.91 Å². The molecule has 144 valence electrons. The van der Waals surface area contributed by atoms with Crippen LogP contribution in [0.1, 0.15) is 53.9 Å². The van der Waals surface area contributed by atoms with Crippen LogP contribution in [0.15, 0.2) is 4.99 Å². The van der Waals surface area contributed by atoms with E-state index in [4.69, 9.17) is 5.11 Å². The van der Waals surface area contributed by atoms with E-state index in [1.165, 1.54) is 0 Å². The van der Waals surface area contributed by atoms with Gasteiger partial charge in [0, 0.05) is 26.2 Å². The number of rotatable bonds is 11. The van der Waals surface area contributed by atoms with Gasteiger partial charge in [0.25, 0.3) is 0 Å². The van der Waals surface area contributed by atoms with Crippen LogP contribution in [0.25, 0.3) is 0 Å². The van der Waals surface area contributed by atoms with Crippen LogP contribution in [0.4, 0.5) is 0 Å². The number of nitrogens with one attached hydrogen (secondary N) is 3. The van der Waals surface area contributed by atoms with Crippen LogP contribution in [0.3, 0.4) is 0 Å². The highest BCUT2D eigenvalue weighted by Crippen LogP contribution is 2.15. The van der Waals surface area contributed by atoms with E-state index >= 15 is 0 Å². The second-order valence-electron chi connectivity index (χ2n) is 6.49. The molecule has 4 N–H and O–H groups in total. The van der Waals surface area contributed by atoms with Gasteiger partial charge in [-0.1, -0.05) is 13.3 Å². The van der Waals surface area contributed by atoms with E-state index in [0.717, 1.165) is 38.3 Å². The zero-order valence-electron chi connectivity index (χ0n) is 15.9. The first-order valence-corrected chi connectivity index (χ1v) is 8.82. The number of carbonyl (C=O) groups excluding carboxylic acids is 1. The fourth-order valence-corrected chi connectivity index (χ4v) is 2.27. The third kappa shape index (κ3) is 11.1. The normalized spacial score (nSPS) is 13.0. The van der Waals surface area contributed by atoms with Crippen LogP contribution in [0, 0.1) is 11.3 Å². The van der Waals surface area contributed by atoms with Crippen molar-refractivity contribution in [3.8, 4) is 0 Å². The van der Waals surface area contributed by atoms with Crippen molar-refractivity contribution < 1.29 is 9.90 Å². The number of aliphatic imine (C=N–C) groups is 1. The maximum absolute atomic E-state index is 12.0. The summed E-state index contributed by atoms with van der Waals surface area (Å²) in [6.07, 6.45) is 2.98. The van der Waals surface area contributed by atoms with Gasteiger partial charge in [0.05, 0.1) is 12.0 Å². The molecule has 0 fully saturated rings. The van der Waals surface area contributed by atoms with Crippen LogP contribution in [0.5, 0.6) is 0 Å². The number of carbonyl (C=O) groups is 1. The number of guanidine groups is 1. The molecule has 0 spiro atoms. The van der Waals surface area contributed by atoms with Gasteiger partial charge in [-0.05, 0) is 46.5 Å². The number of halogens is 1. The predicted octanol–water partition coefficient (Wildman–Crippen LogP) is 2.12. The van der Waals surface area contributed by atoms with E-state index in [0.29, 0.717) is 19.0 Å². The third-order valence-corrected chi connectivity index (χ3v) is 3.72. The van der Waals surface area contributed by atoms with E-state index in [9.17, 15) is 4.79 Å². The molecule has 0 aromatic heterocycles. The minimum atomic E-state index is -0.535. The largest absolute Gasteiger partial charge is 0.396 e. The lowest BCUT2D eigenvalue weighted by molar-refractivity contribution is -0.128. The lowest BCUT2D eigenvalue weighted by Gasteiger charge is -2.23. The number of nitrogens with zero attached hydrogens (tertiary/aromatic N) is 1. The first kappa shape index (κ1) is 25.7. The maximum Gasteiger partial charge on any atom is 0.227 e. The average Bonchev–Trinajstić information content (AvgIpc) is 2.50. The Labute approximate surface area is 164 Å². The van der Waals surface area contributed by atoms with Gasteiger partial charge >= 0.3 is 0 Å². The molecular weight excluding hydrogens is 419 g/mol. The number of aliphatic hydroxyl groups is 1. The average molecular weight is 456 g/mol. The number of hydrogen-bond donors (Lipinski definition) is 4. The summed E-state index contributed by atoms with van der Waals surface area (Å²) in [6.45, 7) is 12.7. The van der Waals surface area contributed by atoms with Gasteiger partial charge in [0.15, 0.2) is 5.96 Å². The van der Waals surface area contributed by atoms with Gasteiger partial charge < -0.3 is 21.1 Å². The first-order chi connectivity index (χ1) is 10.9. The molecule has 0 radical (unpaired) electrons. The molecule has 0 aliphatic rings. The summed E-state index contributed by atoms with van der Waals surface area (Å²) in [4.78, 5) is 16.6. The van der Waals surface area contributed by atoms with Crippen molar-refractivity contribution in [1.29, 1.82) is 0 Å². The predicted molar refractivity (Wildman–Crippen MR) is 112 cm³/mol. The molecule has 7 heteroatoms. The second-order valence-corrected chi connectivity index (χ2v) is 6.49. The van der Waals surface area contributed by atoms with Gasteiger partial charge in [-0.2, -0.15) is 0 Å². The second kappa shape index (κ2) is 14.7. The Kier molecular flexibility index (Phi) is 15.8. The maximum atomic E-state index is 12.0. The van der Waals surface area contributed by atoms with E-state index in [-0.39, 0.29) is 36.5 Å². The van der Waals surface area contributed by atoms with E-state index in [1.807, 2.05) is 27.7 Å². The van der Waals surface area contributed by atoms with Crippen molar-refractivity contribution in [1.82, 2.24) is 16.0 Å². The Balaban J connectivity index is 0. The molecule has 0 aromatic carbocycles. The van der Waals surface area contributed by atoms with Crippen LogP contribution < -0.4 is 16.0 Å². The topological polar surface area (TPSA) is 85.8 Å². The number of hydrogen-bond acceptors (Lipinski definition) is 3. The Hall–Kier alpha value is -0.570. The van der Waals surface area contributed by atoms with Crippen molar-refractivity contribution in [2.24, 2.45) is 16.3 Å². The Bertz CT molecular complexity index is 356. The molecule has 6 nitrogen and oxygen atoms in total.